The van der Waals surface area contributed by atoms with Crippen LogP contribution in [0.4, 0.5) is 5.69 Å². The lowest BCUT2D eigenvalue weighted by Gasteiger charge is -2.16. The summed E-state index contributed by atoms with van der Waals surface area (Å²) in [5.74, 6) is -0.783. The zero-order chi connectivity index (χ0) is 22.1. The Bertz CT molecular complexity index is 1000. The van der Waals surface area contributed by atoms with E-state index in [1.54, 1.807) is 6.92 Å². The Morgan fingerprint density at radius 3 is 2.23 bits per heavy atom. The molecule has 2 N–H and O–H groups in total. The standard InChI is InChI=1S/C21H26N4O4S/c1-16(9-10-18-7-5-4-6-8-18)23-24-21(27)15-25(3)30(28,29)20-13-11-19(12-14-20)22-17(2)26/h4-8,11-14H,9-10,15H2,1-3H3,(H,22,26)(H,24,27)/b23-16-. The van der Waals surface area contributed by atoms with E-state index in [1.807, 2.05) is 30.3 Å². The highest BCUT2D eigenvalue weighted by Crippen LogP contribution is 2.17. The van der Waals surface area contributed by atoms with E-state index in [4.69, 9.17) is 0 Å². The molecule has 8 nitrogen and oxygen atoms in total. The van der Waals surface area contributed by atoms with Crippen LogP contribution in [0.3, 0.4) is 0 Å². The molecule has 0 bridgehead atoms. The number of amides is 2. The van der Waals surface area contributed by atoms with E-state index in [-0.39, 0.29) is 17.3 Å². The summed E-state index contributed by atoms with van der Waals surface area (Å²) in [5, 5.41) is 6.61. The minimum atomic E-state index is -3.85. The number of carbonyl (C=O) groups excluding carboxylic acids is 2. The first kappa shape index (κ1) is 23.2. The molecular weight excluding hydrogens is 404 g/mol. The molecule has 160 valence electrons. The van der Waals surface area contributed by atoms with Crippen LogP contribution in [0, 0.1) is 0 Å². The van der Waals surface area contributed by atoms with Crippen LogP contribution in [0.5, 0.6) is 0 Å². The molecule has 2 aromatic rings. The zero-order valence-electron chi connectivity index (χ0n) is 17.3. The first-order valence-electron chi connectivity index (χ1n) is 9.38. The van der Waals surface area contributed by atoms with E-state index in [1.165, 1.54) is 43.8 Å². The second-order valence-electron chi connectivity index (χ2n) is 6.83. The average Bonchev–Trinajstić information content (AvgIpc) is 2.71. The van der Waals surface area contributed by atoms with Crippen molar-refractivity contribution >= 4 is 33.2 Å². The van der Waals surface area contributed by atoms with Gasteiger partial charge in [0.1, 0.15) is 0 Å². The molecule has 2 rings (SSSR count). The predicted octanol–water partition coefficient (Wildman–Crippen LogP) is 2.39. The van der Waals surface area contributed by atoms with Gasteiger partial charge in [0.05, 0.1) is 11.4 Å². The summed E-state index contributed by atoms with van der Waals surface area (Å²) in [6.07, 6.45) is 1.48. The Balaban J connectivity index is 1.89. The van der Waals surface area contributed by atoms with Crippen LogP contribution in [0.25, 0.3) is 0 Å². The highest BCUT2D eigenvalue weighted by Gasteiger charge is 2.22. The topological polar surface area (TPSA) is 108 Å². The van der Waals surface area contributed by atoms with Gasteiger partial charge in [-0.3, -0.25) is 9.59 Å². The van der Waals surface area contributed by atoms with E-state index >= 15 is 0 Å². The van der Waals surface area contributed by atoms with Gasteiger partial charge in [-0.05, 0) is 49.6 Å². The zero-order valence-corrected chi connectivity index (χ0v) is 18.1. The van der Waals surface area contributed by atoms with E-state index in [0.29, 0.717) is 12.1 Å². The number of anilines is 1. The number of hydrogen-bond donors (Lipinski definition) is 2. The first-order valence-corrected chi connectivity index (χ1v) is 10.8. The van der Waals surface area contributed by atoms with Gasteiger partial charge in [-0.2, -0.15) is 9.41 Å². The van der Waals surface area contributed by atoms with Crippen molar-refractivity contribution in [2.45, 2.75) is 31.6 Å². The van der Waals surface area contributed by atoms with Crippen molar-refractivity contribution < 1.29 is 18.0 Å². The number of sulfonamides is 1. The fraction of sp³-hybridized carbons (Fsp3) is 0.286. The van der Waals surface area contributed by atoms with Gasteiger partial charge < -0.3 is 5.32 Å². The summed E-state index contributed by atoms with van der Waals surface area (Å²) >= 11 is 0. The average molecular weight is 431 g/mol. The highest BCUT2D eigenvalue weighted by molar-refractivity contribution is 7.89. The van der Waals surface area contributed by atoms with Gasteiger partial charge in [-0.25, -0.2) is 13.8 Å². The number of aryl methyl sites for hydroxylation is 1. The monoisotopic (exact) mass is 430 g/mol. The molecule has 0 aromatic heterocycles. The van der Waals surface area contributed by atoms with Gasteiger partial charge in [0.2, 0.25) is 15.9 Å². The van der Waals surface area contributed by atoms with Crippen molar-refractivity contribution in [1.82, 2.24) is 9.73 Å². The third-order valence-electron chi connectivity index (χ3n) is 4.24. The Hall–Kier alpha value is -3.04. The number of nitrogens with one attached hydrogen (secondary N) is 2. The van der Waals surface area contributed by atoms with Crippen molar-refractivity contribution in [3.05, 3.63) is 60.2 Å². The molecule has 2 amide bonds. The summed E-state index contributed by atoms with van der Waals surface area (Å²) in [6.45, 7) is 2.80. The molecule has 0 aliphatic carbocycles. The second kappa shape index (κ2) is 10.7. The molecule has 0 aliphatic heterocycles. The van der Waals surface area contributed by atoms with Gasteiger partial charge in [0.15, 0.2) is 0 Å². The second-order valence-corrected chi connectivity index (χ2v) is 8.88. The van der Waals surface area contributed by atoms with Crippen molar-refractivity contribution in [2.75, 3.05) is 18.9 Å². The minimum Gasteiger partial charge on any atom is -0.326 e. The Morgan fingerprint density at radius 2 is 1.63 bits per heavy atom. The van der Waals surface area contributed by atoms with Crippen LogP contribution in [0.2, 0.25) is 0 Å². The molecule has 0 atom stereocenters. The normalized spacial score (nSPS) is 11.9. The maximum atomic E-state index is 12.6. The Labute approximate surface area is 177 Å². The van der Waals surface area contributed by atoms with Crippen LogP contribution < -0.4 is 10.7 Å². The van der Waals surface area contributed by atoms with Crippen molar-refractivity contribution in [2.24, 2.45) is 5.10 Å². The summed E-state index contributed by atoms with van der Waals surface area (Å²) in [7, 11) is -2.53. The molecule has 30 heavy (non-hydrogen) atoms. The Morgan fingerprint density at radius 1 is 1.00 bits per heavy atom. The van der Waals surface area contributed by atoms with Crippen LogP contribution in [0.15, 0.2) is 64.6 Å². The molecule has 0 heterocycles. The van der Waals surface area contributed by atoms with Crippen molar-refractivity contribution in [3.63, 3.8) is 0 Å². The highest BCUT2D eigenvalue weighted by atomic mass is 32.2. The van der Waals surface area contributed by atoms with E-state index in [2.05, 4.69) is 15.8 Å². The summed E-state index contributed by atoms with van der Waals surface area (Å²) in [6, 6.07) is 15.7. The third-order valence-corrected chi connectivity index (χ3v) is 6.06. The molecule has 0 saturated heterocycles. The van der Waals surface area contributed by atoms with Gasteiger partial charge in [-0.15, -0.1) is 0 Å². The minimum absolute atomic E-state index is 0.0226. The maximum absolute atomic E-state index is 12.6. The molecular formula is C21H26N4O4S. The van der Waals surface area contributed by atoms with Gasteiger partial charge in [0.25, 0.3) is 5.91 Å². The van der Waals surface area contributed by atoms with Gasteiger partial charge >= 0.3 is 0 Å². The lowest BCUT2D eigenvalue weighted by Crippen LogP contribution is -2.36. The molecule has 0 aliphatic rings. The van der Waals surface area contributed by atoms with Crippen LogP contribution in [0.1, 0.15) is 25.8 Å². The number of hydrogen-bond acceptors (Lipinski definition) is 5. The van der Waals surface area contributed by atoms with Gasteiger partial charge in [-0.1, -0.05) is 30.3 Å². The molecule has 2 aromatic carbocycles. The SMILES string of the molecule is CC(=O)Nc1ccc(S(=O)(=O)N(C)CC(=O)N/N=C(/C)CCc2ccccc2)cc1. The number of benzene rings is 2. The van der Waals surface area contributed by atoms with Crippen LogP contribution in [-0.2, 0) is 26.0 Å². The lowest BCUT2D eigenvalue weighted by molar-refractivity contribution is -0.121. The number of rotatable bonds is 9. The number of nitrogens with zero attached hydrogens (tertiary/aromatic N) is 2. The summed E-state index contributed by atoms with van der Waals surface area (Å²) in [5.41, 5.74) is 4.80. The lowest BCUT2D eigenvalue weighted by atomic mass is 10.1. The number of carbonyl (C=O) groups is 2. The largest absolute Gasteiger partial charge is 0.326 e. The molecule has 0 fully saturated rings. The van der Waals surface area contributed by atoms with Crippen LogP contribution in [-0.4, -0.2) is 43.8 Å². The number of likely N-dealkylation sites (N-methyl/N-ethyl adjacent to an activating group) is 1. The van der Waals surface area contributed by atoms with Crippen molar-refractivity contribution in [3.8, 4) is 0 Å². The first-order chi connectivity index (χ1) is 14.2. The summed E-state index contributed by atoms with van der Waals surface area (Å²) in [4.78, 5) is 23.2. The van der Waals surface area contributed by atoms with Crippen LogP contribution >= 0.6 is 0 Å². The quantitative estimate of drug-likeness (QED) is 0.470. The molecule has 0 unspecified atom stereocenters. The fourth-order valence-electron chi connectivity index (χ4n) is 2.60. The molecule has 0 spiro atoms. The van der Waals surface area contributed by atoms with E-state index in [9.17, 15) is 18.0 Å². The third kappa shape index (κ3) is 7.09. The molecule has 0 saturated carbocycles. The van der Waals surface area contributed by atoms with E-state index < -0.39 is 15.9 Å². The summed E-state index contributed by atoms with van der Waals surface area (Å²) < 4.78 is 26.2. The Kier molecular flexibility index (Phi) is 8.25. The molecule has 9 heteroatoms. The smallest absolute Gasteiger partial charge is 0.255 e. The van der Waals surface area contributed by atoms with Crippen molar-refractivity contribution in [1.29, 1.82) is 0 Å². The van der Waals surface area contributed by atoms with Gasteiger partial charge in [0, 0.05) is 25.4 Å². The maximum Gasteiger partial charge on any atom is 0.255 e. The number of hydrazone groups is 1. The molecule has 0 radical (unpaired) electrons. The van der Waals surface area contributed by atoms with E-state index in [0.717, 1.165) is 16.4 Å². The fourth-order valence-corrected chi connectivity index (χ4v) is 3.73. The predicted molar refractivity (Wildman–Crippen MR) is 117 cm³/mol.